The van der Waals surface area contributed by atoms with Crippen LogP contribution in [0, 0.1) is 0 Å². The van der Waals surface area contributed by atoms with Crippen molar-refractivity contribution < 1.29 is 23.7 Å². The van der Waals surface area contributed by atoms with Crippen molar-refractivity contribution in [2.45, 2.75) is 13.8 Å². The number of amides is 1. The van der Waals surface area contributed by atoms with Crippen LogP contribution < -0.4 is 14.4 Å². The van der Waals surface area contributed by atoms with Crippen LogP contribution in [0.15, 0.2) is 24.2 Å². The third-order valence-electron chi connectivity index (χ3n) is 4.77. The summed E-state index contributed by atoms with van der Waals surface area (Å²) in [5.41, 5.74) is 0.669. The molecule has 1 aromatic heterocycles. The molecule has 10 heteroatoms. The molecule has 1 aliphatic rings. The summed E-state index contributed by atoms with van der Waals surface area (Å²) in [6.45, 7) is 8.00. The van der Waals surface area contributed by atoms with Gasteiger partial charge in [-0.3, -0.25) is 9.69 Å². The minimum Gasteiger partial charge on any atom is -0.495 e. The molecule has 30 heavy (non-hydrogen) atoms. The summed E-state index contributed by atoms with van der Waals surface area (Å²) in [4.78, 5) is 21.8. The number of halogens is 1. The van der Waals surface area contributed by atoms with Crippen LogP contribution in [0.2, 0.25) is 0 Å². The van der Waals surface area contributed by atoms with E-state index in [4.69, 9.17) is 23.9 Å². The molecule has 3 rings (SSSR count). The molecule has 0 fully saturated rings. The van der Waals surface area contributed by atoms with E-state index in [1.54, 1.807) is 19.1 Å². The first-order chi connectivity index (χ1) is 14.1. The topological polar surface area (TPSA) is 73.4 Å². The number of methoxy groups -OCH3 is 2. The van der Waals surface area contributed by atoms with E-state index >= 15 is 0 Å². The maximum absolute atomic E-state index is 13.2. The molecule has 0 radical (unpaired) electrons. The number of thiazole rings is 1. The molecule has 0 bridgehead atoms. The Bertz CT molecular complexity index is 844. The number of hydrogen-bond donors (Lipinski definition) is 0. The van der Waals surface area contributed by atoms with E-state index in [0.29, 0.717) is 41.9 Å². The highest BCUT2D eigenvalue weighted by molar-refractivity contribution is 7.22. The third kappa shape index (κ3) is 5.08. The summed E-state index contributed by atoms with van der Waals surface area (Å²) < 4.78 is 22.6. The molecule has 2 heterocycles. The van der Waals surface area contributed by atoms with Gasteiger partial charge in [-0.2, -0.15) is 0 Å². The van der Waals surface area contributed by atoms with E-state index in [1.807, 2.05) is 12.1 Å². The van der Waals surface area contributed by atoms with Gasteiger partial charge in [-0.25, -0.2) is 4.98 Å². The highest BCUT2D eigenvalue weighted by Gasteiger charge is 2.27. The summed E-state index contributed by atoms with van der Waals surface area (Å²) in [5, 5.41) is 0.565. The molecule has 0 N–H and O–H groups in total. The van der Waals surface area contributed by atoms with Crippen LogP contribution in [0.25, 0.3) is 10.2 Å². The Morgan fingerprint density at radius 3 is 2.43 bits per heavy atom. The van der Waals surface area contributed by atoms with Crippen LogP contribution in [0.5, 0.6) is 11.5 Å². The van der Waals surface area contributed by atoms with E-state index in [1.165, 1.54) is 17.6 Å². The lowest BCUT2D eigenvalue weighted by Crippen LogP contribution is -2.40. The predicted molar refractivity (Wildman–Crippen MR) is 120 cm³/mol. The number of rotatable bonds is 9. The SMILES string of the molecule is CCN(CC)CCN(C(=O)C1=COCCO1)c1nc2c(OC)ccc(OC)c2s1.Cl. The Kier molecular flexibility index (Phi) is 9.01. The quantitative estimate of drug-likeness (QED) is 0.572. The van der Waals surface area contributed by atoms with Crippen LogP contribution in [0.1, 0.15) is 13.8 Å². The van der Waals surface area contributed by atoms with Crippen molar-refractivity contribution in [3.63, 3.8) is 0 Å². The number of benzene rings is 1. The number of aromatic nitrogens is 1. The van der Waals surface area contributed by atoms with Gasteiger partial charge in [0.25, 0.3) is 5.91 Å². The van der Waals surface area contributed by atoms with Crippen molar-refractivity contribution in [3.05, 3.63) is 24.2 Å². The molecule has 0 unspecified atom stereocenters. The fraction of sp³-hybridized carbons (Fsp3) is 0.500. The zero-order chi connectivity index (χ0) is 20.8. The van der Waals surface area contributed by atoms with Crippen molar-refractivity contribution >= 4 is 45.0 Å². The first-order valence-electron chi connectivity index (χ1n) is 9.63. The minimum absolute atomic E-state index is 0. The molecule has 1 aromatic carbocycles. The van der Waals surface area contributed by atoms with Crippen molar-refractivity contribution in [2.75, 3.05) is 58.5 Å². The summed E-state index contributed by atoms with van der Waals surface area (Å²) in [5.74, 6) is 1.25. The Morgan fingerprint density at radius 2 is 1.83 bits per heavy atom. The molecule has 0 aliphatic carbocycles. The largest absolute Gasteiger partial charge is 0.495 e. The lowest BCUT2D eigenvalue weighted by Gasteiger charge is -2.26. The van der Waals surface area contributed by atoms with Gasteiger partial charge < -0.3 is 23.8 Å². The molecule has 0 saturated heterocycles. The summed E-state index contributed by atoms with van der Waals surface area (Å²) >= 11 is 1.39. The molecular weight excluding hydrogens is 430 g/mol. The van der Waals surface area contributed by atoms with Gasteiger partial charge in [-0.15, -0.1) is 12.4 Å². The van der Waals surface area contributed by atoms with Crippen LogP contribution >= 0.6 is 23.7 Å². The average molecular weight is 458 g/mol. The predicted octanol–water partition coefficient (Wildman–Crippen LogP) is 3.30. The molecule has 166 valence electrons. The zero-order valence-electron chi connectivity index (χ0n) is 17.7. The number of likely N-dealkylation sites (N-methyl/N-ethyl adjacent to an activating group) is 1. The third-order valence-corrected chi connectivity index (χ3v) is 5.86. The maximum atomic E-state index is 13.2. The van der Waals surface area contributed by atoms with Crippen molar-refractivity contribution in [2.24, 2.45) is 0 Å². The Balaban J connectivity index is 0.00000320. The van der Waals surface area contributed by atoms with E-state index in [0.717, 1.165) is 24.3 Å². The minimum atomic E-state index is -0.270. The lowest BCUT2D eigenvalue weighted by atomic mass is 10.3. The molecule has 8 nitrogen and oxygen atoms in total. The zero-order valence-corrected chi connectivity index (χ0v) is 19.3. The normalized spacial score (nSPS) is 13.2. The highest BCUT2D eigenvalue weighted by Crippen LogP contribution is 2.40. The van der Waals surface area contributed by atoms with Crippen molar-refractivity contribution in [1.29, 1.82) is 0 Å². The van der Waals surface area contributed by atoms with Gasteiger partial charge >= 0.3 is 0 Å². The van der Waals surface area contributed by atoms with Gasteiger partial charge in [-0.1, -0.05) is 25.2 Å². The first-order valence-corrected chi connectivity index (χ1v) is 10.4. The van der Waals surface area contributed by atoms with Gasteiger partial charge in [0.2, 0.25) is 5.76 Å². The number of carbonyl (C=O) groups is 1. The fourth-order valence-electron chi connectivity index (χ4n) is 3.07. The highest BCUT2D eigenvalue weighted by atomic mass is 35.5. The molecular formula is C20H28ClN3O5S. The van der Waals surface area contributed by atoms with E-state index < -0.39 is 0 Å². The molecule has 0 spiro atoms. The number of hydrogen-bond acceptors (Lipinski definition) is 8. The number of anilines is 1. The molecule has 1 amide bonds. The monoisotopic (exact) mass is 457 g/mol. The van der Waals surface area contributed by atoms with Gasteiger partial charge in [0.15, 0.2) is 5.13 Å². The molecule has 2 aromatic rings. The molecule has 0 saturated carbocycles. The Morgan fingerprint density at radius 1 is 1.13 bits per heavy atom. The smallest absolute Gasteiger partial charge is 0.298 e. The number of nitrogens with zero attached hydrogens (tertiary/aromatic N) is 3. The number of fused-ring (bicyclic) bond motifs is 1. The number of ether oxygens (including phenoxy) is 4. The van der Waals surface area contributed by atoms with Crippen LogP contribution in [-0.4, -0.2) is 69.4 Å². The van der Waals surface area contributed by atoms with Crippen molar-refractivity contribution in [3.8, 4) is 11.5 Å². The lowest BCUT2D eigenvalue weighted by molar-refractivity contribution is -0.119. The second kappa shape index (κ2) is 11.2. The summed E-state index contributed by atoms with van der Waals surface area (Å²) in [6, 6.07) is 3.65. The van der Waals surface area contributed by atoms with Gasteiger partial charge in [0, 0.05) is 13.1 Å². The summed E-state index contributed by atoms with van der Waals surface area (Å²) in [6.07, 6.45) is 1.38. The second-order valence-electron chi connectivity index (χ2n) is 6.33. The standard InChI is InChI=1S/C20H27N3O5S.ClH/c1-5-22(6-2)9-10-23(19(24)16-13-27-11-12-28-16)20-21-17-14(25-3)7-8-15(26-4)18(17)29-20;/h7-8,13H,5-6,9-12H2,1-4H3;1H. The van der Waals surface area contributed by atoms with Gasteiger partial charge in [-0.05, 0) is 25.2 Å². The van der Waals surface area contributed by atoms with Gasteiger partial charge in [0.05, 0.1) is 14.2 Å². The van der Waals surface area contributed by atoms with E-state index in [9.17, 15) is 4.79 Å². The van der Waals surface area contributed by atoms with Crippen LogP contribution in [-0.2, 0) is 14.3 Å². The van der Waals surface area contributed by atoms with Crippen LogP contribution in [0.4, 0.5) is 5.13 Å². The molecule has 1 aliphatic heterocycles. The van der Waals surface area contributed by atoms with Crippen molar-refractivity contribution in [1.82, 2.24) is 9.88 Å². The number of carbonyl (C=O) groups excluding carboxylic acids is 1. The second-order valence-corrected chi connectivity index (χ2v) is 7.31. The van der Waals surface area contributed by atoms with E-state index in [-0.39, 0.29) is 24.1 Å². The van der Waals surface area contributed by atoms with Crippen LogP contribution in [0.3, 0.4) is 0 Å². The Labute approximate surface area is 186 Å². The Hall–Kier alpha value is -2.23. The van der Waals surface area contributed by atoms with E-state index in [2.05, 4.69) is 18.7 Å². The molecule has 0 atom stereocenters. The first kappa shape index (κ1) is 24.0. The average Bonchev–Trinajstić information content (AvgIpc) is 3.21. The fourth-order valence-corrected chi connectivity index (χ4v) is 4.17. The van der Waals surface area contributed by atoms with Gasteiger partial charge in [0.1, 0.15) is 41.2 Å². The maximum Gasteiger partial charge on any atom is 0.298 e. The summed E-state index contributed by atoms with van der Waals surface area (Å²) in [7, 11) is 3.21.